The van der Waals surface area contributed by atoms with E-state index in [9.17, 15) is 4.79 Å². The number of nitrogens with one attached hydrogen (secondary N) is 3. The highest BCUT2D eigenvalue weighted by atomic mass is 127. The zero-order valence-corrected chi connectivity index (χ0v) is 19.8. The summed E-state index contributed by atoms with van der Waals surface area (Å²) < 4.78 is 5.93. The van der Waals surface area contributed by atoms with E-state index in [0.717, 1.165) is 11.3 Å². The Kier molecular flexibility index (Phi) is 11.1. The molecule has 0 spiro atoms. The van der Waals surface area contributed by atoms with E-state index in [2.05, 4.69) is 20.9 Å². The monoisotopic (exact) mass is 510 g/mol. The molecule has 0 aromatic heterocycles. The minimum atomic E-state index is -0.0536. The smallest absolute Gasteiger partial charge is 0.251 e. The van der Waals surface area contributed by atoms with Crippen molar-refractivity contribution in [1.82, 2.24) is 16.0 Å². The Balaban J connectivity index is 0.00000420. The maximum atomic E-state index is 11.8. The van der Waals surface area contributed by atoms with Crippen molar-refractivity contribution in [1.29, 1.82) is 0 Å². The Morgan fingerprint density at radius 1 is 1.10 bits per heavy atom. The van der Waals surface area contributed by atoms with Gasteiger partial charge < -0.3 is 20.7 Å². The van der Waals surface area contributed by atoms with Gasteiger partial charge in [-0.25, -0.2) is 0 Å². The van der Waals surface area contributed by atoms with E-state index < -0.39 is 0 Å². The maximum Gasteiger partial charge on any atom is 0.251 e. The van der Waals surface area contributed by atoms with Gasteiger partial charge >= 0.3 is 0 Å². The molecule has 0 radical (unpaired) electrons. The Morgan fingerprint density at radius 3 is 2.45 bits per heavy atom. The predicted octanol–water partition coefficient (Wildman–Crippen LogP) is 3.50. The molecule has 2 aromatic rings. The van der Waals surface area contributed by atoms with Crippen LogP contribution >= 0.6 is 24.0 Å². The number of aryl methyl sites for hydroxylation is 1. The Labute approximate surface area is 190 Å². The molecule has 0 aliphatic rings. The molecule has 0 saturated heterocycles. The van der Waals surface area contributed by atoms with Crippen LogP contribution in [0.1, 0.15) is 35.3 Å². The van der Waals surface area contributed by atoms with Gasteiger partial charge in [-0.1, -0.05) is 24.3 Å². The standard InChI is InChI=1S/C22H30N4O2.HI/c1-5-24-21(27)19-11-9-18(10-12-19)15-26-22(23-4)25-14-17(3)28-20-8-6-7-16(2)13-20;/h6-13,17H,5,14-15H2,1-4H3,(H,24,27)(H2,23,25,26);1H. The van der Waals surface area contributed by atoms with Crippen molar-refractivity contribution in [3.8, 4) is 5.75 Å². The molecule has 0 aliphatic heterocycles. The van der Waals surface area contributed by atoms with Gasteiger partial charge in [-0.3, -0.25) is 9.79 Å². The number of hydrogen-bond acceptors (Lipinski definition) is 3. The second-order valence-electron chi connectivity index (χ2n) is 6.61. The zero-order chi connectivity index (χ0) is 20.4. The Morgan fingerprint density at radius 2 is 1.83 bits per heavy atom. The van der Waals surface area contributed by atoms with Crippen LogP contribution in [-0.2, 0) is 6.54 Å². The van der Waals surface area contributed by atoms with E-state index >= 15 is 0 Å². The lowest BCUT2D eigenvalue weighted by Gasteiger charge is -2.18. The number of halogens is 1. The lowest BCUT2D eigenvalue weighted by atomic mass is 10.1. The fraction of sp³-hybridized carbons (Fsp3) is 0.364. The lowest BCUT2D eigenvalue weighted by Crippen LogP contribution is -2.41. The predicted molar refractivity (Wildman–Crippen MR) is 129 cm³/mol. The van der Waals surface area contributed by atoms with Crippen LogP contribution in [0.4, 0.5) is 0 Å². The molecule has 1 atom stereocenters. The molecule has 3 N–H and O–H groups in total. The Hall–Kier alpha value is -2.29. The summed E-state index contributed by atoms with van der Waals surface area (Å²) in [7, 11) is 1.74. The summed E-state index contributed by atoms with van der Waals surface area (Å²) in [5.74, 6) is 1.51. The zero-order valence-electron chi connectivity index (χ0n) is 17.5. The van der Waals surface area contributed by atoms with Crippen LogP contribution in [0.25, 0.3) is 0 Å². The summed E-state index contributed by atoms with van der Waals surface area (Å²) >= 11 is 0. The van der Waals surface area contributed by atoms with Gasteiger partial charge in [0.25, 0.3) is 5.91 Å². The van der Waals surface area contributed by atoms with Gasteiger partial charge in [0.2, 0.25) is 0 Å². The molecule has 1 unspecified atom stereocenters. The van der Waals surface area contributed by atoms with Crippen molar-refractivity contribution >= 4 is 35.8 Å². The molecular formula is C22H31IN4O2. The van der Waals surface area contributed by atoms with Gasteiger partial charge in [0.05, 0.1) is 6.54 Å². The summed E-state index contributed by atoms with van der Waals surface area (Å²) in [6.07, 6.45) is -0.00304. The summed E-state index contributed by atoms with van der Waals surface area (Å²) in [4.78, 5) is 16.0. The second-order valence-corrected chi connectivity index (χ2v) is 6.61. The van der Waals surface area contributed by atoms with Crippen LogP contribution in [0, 0.1) is 6.92 Å². The SMILES string of the molecule is CCNC(=O)c1ccc(CNC(=NC)NCC(C)Oc2cccc(C)c2)cc1.I. The molecule has 0 aliphatic carbocycles. The van der Waals surface area contributed by atoms with Gasteiger partial charge in [0.1, 0.15) is 11.9 Å². The molecule has 0 bridgehead atoms. The molecule has 0 saturated carbocycles. The summed E-state index contributed by atoms with van der Waals surface area (Å²) in [5, 5.41) is 9.33. The molecule has 158 valence electrons. The van der Waals surface area contributed by atoms with Crippen molar-refractivity contribution in [2.24, 2.45) is 4.99 Å². The van der Waals surface area contributed by atoms with E-state index in [-0.39, 0.29) is 36.0 Å². The topological polar surface area (TPSA) is 74.8 Å². The first-order valence-electron chi connectivity index (χ1n) is 9.56. The highest BCUT2D eigenvalue weighted by molar-refractivity contribution is 14.0. The van der Waals surface area contributed by atoms with Crippen LogP contribution < -0.4 is 20.7 Å². The van der Waals surface area contributed by atoms with E-state index in [1.807, 2.05) is 69.3 Å². The third-order valence-corrected chi connectivity index (χ3v) is 4.12. The molecule has 7 heteroatoms. The van der Waals surface area contributed by atoms with Gasteiger partial charge in [-0.15, -0.1) is 24.0 Å². The molecule has 2 aromatic carbocycles. The van der Waals surface area contributed by atoms with E-state index in [4.69, 9.17) is 4.74 Å². The van der Waals surface area contributed by atoms with E-state index in [0.29, 0.717) is 31.2 Å². The van der Waals surface area contributed by atoms with Gasteiger partial charge in [0.15, 0.2) is 5.96 Å². The molecule has 1 amide bonds. The minimum absolute atomic E-state index is 0. The van der Waals surface area contributed by atoms with Crippen molar-refractivity contribution in [2.45, 2.75) is 33.4 Å². The number of benzene rings is 2. The molecule has 29 heavy (non-hydrogen) atoms. The van der Waals surface area contributed by atoms with Gasteiger partial charge in [-0.2, -0.15) is 0 Å². The molecule has 0 heterocycles. The molecular weight excluding hydrogens is 479 g/mol. The normalized spacial score (nSPS) is 11.8. The van der Waals surface area contributed by atoms with Crippen molar-refractivity contribution < 1.29 is 9.53 Å². The first-order chi connectivity index (χ1) is 13.5. The van der Waals surface area contributed by atoms with Crippen LogP contribution in [0.5, 0.6) is 5.75 Å². The van der Waals surface area contributed by atoms with Crippen LogP contribution in [0.3, 0.4) is 0 Å². The number of nitrogens with zero attached hydrogens (tertiary/aromatic N) is 1. The van der Waals surface area contributed by atoms with Crippen LogP contribution in [0.15, 0.2) is 53.5 Å². The number of hydrogen-bond donors (Lipinski definition) is 3. The largest absolute Gasteiger partial charge is 0.489 e. The second kappa shape index (κ2) is 13.0. The van der Waals surface area contributed by atoms with Crippen molar-refractivity contribution in [3.05, 3.63) is 65.2 Å². The quantitative estimate of drug-likeness (QED) is 0.289. The maximum absolute atomic E-state index is 11.8. The number of ether oxygens (including phenoxy) is 1. The van der Waals surface area contributed by atoms with Crippen LogP contribution in [-0.4, -0.2) is 38.1 Å². The molecule has 0 fully saturated rings. The number of amides is 1. The average molecular weight is 510 g/mol. The van der Waals surface area contributed by atoms with Crippen LogP contribution in [0.2, 0.25) is 0 Å². The number of guanidine groups is 1. The average Bonchev–Trinajstić information content (AvgIpc) is 2.68. The van der Waals surface area contributed by atoms with Crippen molar-refractivity contribution in [3.63, 3.8) is 0 Å². The van der Waals surface area contributed by atoms with Gasteiger partial charge in [-0.05, 0) is 56.2 Å². The van der Waals surface area contributed by atoms with Gasteiger partial charge in [0, 0.05) is 25.7 Å². The third-order valence-electron chi connectivity index (χ3n) is 4.12. The van der Waals surface area contributed by atoms with E-state index in [1.54, 1.807) is 7.05 Å². The fourth-order valence-corrected chi connectivity index (χ4v) is 2.65. The highest BCUT2D eigenvalue weighted by Gasteiger charge is 2.07. The third kappa shape index (κ3) is 8.72. The summed E-state index contributed by atoms with van der Waals surface area (Å²) in [5.41, 5.74) is 2.91. The molecule has 2 rings (SSSR count). The number of rotatable bonds is 8. The number of carbonyl (C=O) groups excluding carboxylic acids is 1. The Bertz CT molecular complexity index is 794. The summed E-state index contributed by atoms with van der Waals surface area (Å²) in [6, 6.07) is 15.6. The fourth-order valence-electron chi connectivity index (χ4n) is 2.65. The number of carbonyl (C=O) groups is 1. The lowest BCUT2D eigenvalue weighted by molar-refractivity contribution is 0.0956. The molecule has 6 nitrogen and oxygen atoms in total. The minimum Gasteiger partial charge on any atom is -0.489 e. The highest BCUT2D eigenvalue weighted by Crippen LogP contribution is 2.13. The first kappa shape index (κ1) is 24.7. The van der Waals surface area contributed by atoms with E-state index in [1.165, 1.54) is 5.56 Å². The van der Waals surface area contributed by atoms with Crippen molar-refractivity contribution in [2.75, 3.05) is 20.1 Å². The number of aliphatic imine (C=N–C) groups is 1. The first-order valence-corrected chi connectivity index (χ1v) is 9.56. The summed E-state index contributed by atoms with van der Waals surface area (Å²) in [6.45, 7) is 7.83.